The summed E-state index contributed by atoms with van der Waals surface area (Å²) in [6.07, 6.45) is 6.23. The molecule has 0 bridgehead atoms. The van der Waals surface area contributed by atoms with E-state index >= 15 is 0 Å². The molecule has 1 heterocycles. The fourth-order valence-electron chi connectivity index (χ4n) is 1.01. The number of hydrogen-bond acceptors (Lipinski definition) is 2. The highest BCUT2D eigenvalue weighted by Crippen LogP contribution is 2.09. The highest BCUT2D eigenvalue weighted by molar-refractivity contribution is 7.80. The minimum absolute atomic E-state index is 0.118. The Hall–Kier alpha value is -0.900. The van der Waals surface area contributed by atoms with Crippen LogP contribution in [0.1, 0.15) is 19.4 Å². The Bertz CT molecular complexity index is 230. The van der Waals surface area contributed by atoms with E-state index in [0.29, 0.717) is 4.99 Å². The SMILES string of the molecule is CCC(C(N)=S)n1ccnc1. The number of hydrogen-bond donors (Lipinski definition) is 1. The molecule has 0 aromatic carbocycles. The largest absolute Gasteiger partial charge is 0.392 e. The van der Waals surface area contributed by atoms with Crippen molar-refractivity contribution in [1.29, 1.82) is 0 Å². The van der Waals surface area contributed by atoms with Crippen LogP contribution in [0.3, 0.4) is 0 Å². The molecule has 1 aromatic heterocycles. The van der Waals surface area contributed by atoms with Gasteiger partial charge in [-0.3, -0.25) is 0 Å². The summed E-state index contributed by atoms with van der Waals surface area (Å²) in [5.74, 6) is 0. The fourth-order valence-corrected chi connectivity index (χ4v) is 1.30. The van der Waals surface area contributed by atoms with Crippen molar-refractivity contribution >= 4 is 17.2 Å². The number of thiocarbonyl (C=S) groups is 1. The van der Waals surface area contributed by atoms with Crippen LogP contribution in [0.25, 0.3) is 0 Å². The van der Waals surface area contributed by atoms with Crippen LogP contribution < -0.4 is 5.73 Å². The second-order valence-corrected chi connectivity index (χ2v) is 2.81. The summed E-state index contributed by atoms with van der Waals surface area (Å²) in [4.78, 5) is 4.44. The normalized spacial score (nSPS) is 12.8. The maximum absolute atomic E-state index is 5.52. The van der Waals surface area contributed by atoms with E-state index < -0.39 is 0 Å². The molecule has 3 nitrogen and oxygen atoms in total. The Labute approximate surface area is 71.2 Å². The molecule has 0 aliphatic heterocycles. The summed E-state index contributed by atoms with van der Waals surface area (Å²) in [6, 6.07) is 0.118. The van der Waals surface area contributed by atoms with Crippen molar-refractivity contribution in [2.75, 3.05) is 0 Å². The number of aromatic nitrogens is 2. The molecule has 0 aliphatic rings. The summed E-state index contributed by atoms with van der Waals surface area (Å²) in [5.41, 5.74) is 5.52. The van der Waals surface area contributed by atoms with Crippen LogP contribution in [0.15, 0.2) is 18.7 Å². The summed E-state index contributed by atoms with van der Waals surface area (Å²) in [5, 5.41) is 0. The van der Waals surface area contributed by atoms with Crippen molar-refractivity contribution in [2.24, 2.45) is 5.73 Å². The van der Waals surface area contributed by atoms with Gasteiger partial charge in [-0.1, -0.05) is 19.1 Å². The third kappa shape index (κ3) is 1.77. The monoisotopic (exact) mass is 169 g/mol. The van der Waals surface area contributed by atoms with Gasteiger partial charge < -0.3 is 10.3 Å². The minimum Gasteiger partial charge on any atom is -0.392 e. The number of nitrogens with two attached hydrogens (primary N) is 1. The van der Waals surface area contributed by atoms with Crippen LogP contribution >= 0.6 is 12.2 Å². The highest BCUT2D eigenvalue weighted by atomic mass is 32.1. The maximum Gasteiger partial charge on any atom is 0.0959 e. The minimum atomic E-state index is 0.118. The van der Waals surface area contributed by atoms with Crippen LogP contribution in [0.4, 0.5) is 0 Å². The van der Waals surface area contributed by atoms with Crippen LogP contribution in [0.2, 0.25) is 0 Å². The smallest absolute Gasteiger partial charge is 0.0959 e. The second kappa shape index (κ2) is 3.48. The number of nitrogens with zero attached hydrogens (tertiary/aromatic N) is 2. The van der Waals surface area contributed by atoms with Crippen molar-refractivity contribution < 1.29 is 0 Å². The van der Waals surface area contributed by atoms with Crippen molar-refractivity contribution in [1.82, 2.24) is 9.55 Å². The lowest BCUT2D eigenvalue weighted by atomic mass is 10.2. The lowest BCUT2D eigenvalue weighted by molar-refractivity contribution is 0.619. The van der Waals surface area contributed by atoms with Crippen LogP contribution in [0.5, 0.6) is 0 Å². The molecule has 2 N–H and O–H groups in total. The molecule has 0 radical (unpaired) electrons. The molecular weight excluding hydrogens is 158 g/mol. The molecule has 1 atom stereocenters. The van der Waals surface area contributed by atoms with Gasteiger partial charge in [0.2, 0.25) is 0 Å². The van der Waals surface area contributed by atoms with Crippen molar-refractivity contribution in [3.63, 3.8) is 0 Å². The standard InChI is InChI=1S/C7H11N3S/c1-2-6(7(8)11)10-4-3-9-5-10/h3-6H,2H2,1H3,(H2,8,11). The molecule has 1 aromatic rings. The molecule has 0 spiro atoms. The Morgan fingerprint density at radius 2 is 2.55 bits per heavy atom. The van der Waals surface area contributed by atoms with E-state index in [1.54, 1.807) is 12.5 Å². The average Bonchev–Trinajstić information content (AvgIpc) is 2.40. The van der Waals surface area contributed by atoms with E-state index in [4.69, 9.17) is 18.0 Å². The Morgan fingerprint density at radius 3 is 2.91 bits per heavy atom. The van der Waals surface area contributed by atoms with Gasteiger partial charge in [0, 0.05) is 12.4 Å². The Kier molecular flexibility index (Phi) is 2.59. The quantitative estimate of drug-likeness (QED) is 0.689. The molecular formula is C7H11N3S. The summed E-state index contributed by atoms with van der Waals surface area (Å²) < 4.78 is 1.92. The first-order valence-electron chi connectivity index (χ1n) is 3.52. The molecule has 0 fully saturated rings. The molecule has 0 amide bonds. The average molecular weight is 169 g/mol. The molecule has 60 valence electrons. The zero-order valence-corrected chi connectivity index (χ0v) is 7.21. The van der Waals surface area contributed by atoms with Crippen molar-refractivity contribution in [2.45, 2.75) is 19.4 Å². The third-order valence-corrected chi connectivity index (χ3v) is 1.87. The van der Waals surface area contributed by atoms with E-state index in [1.807, 2.05) is 17.7 Å². The van der Waals surface area contributed by atoms with Gasteiger partial charge >= 0.3 is 0 Å². The lowest BCUT2D eigenvalue weighted by Gasteiger charge is -2.13. The predicted molar refractivity (Wildman–Crippen MR) is 48.3 cm³/mol. The zero-order valence-electron chi connectivity index (χ0n) is 6.40. The van der Waals surface area contributed by atoms with Crippen LogP contribution in [-0.2, 0) is 0 Å². The van der Waals surface area contributed by atoms with Gasteiger partial charge in [-0.15, -0.1) is 0 Å². The molecule has 11 heavy (non-hydrogen) atoms. The van der Waals surface area contributed by atoms with Crippen molar-refractivity contribution in [3.8, 4) is 0 Å². The van der Waals surface area contributed by atoms with E-state index in [2.05, 4.69) is 4.98 Å². The van der Waals surface area contributed by atoms with Gasteiger partial charge in [0.15, 0.2) is 0 Å². The van der Waals surface area contributed by atoms with Gasteiger partial charge in [-0.2, -0.15) is 0 Å². The van der Waals surface area contributed by atoms with E-state index in [0.717, 1.165) is 6.42 Å². The Morgan fingerprint density at radius 1 is 1.82 bits per heavy atom. The summed E-state index contributed by atoms with van der Waals surface area (Å²) in [7, 11) is 0. The lowest BCUT2D eigenvalue weighted by Crippen LogP contribution is -2.23. The van der Waals surface area contributed by atoms with Gasteiger partial charge in [-0.25, -0.2) is 4.98 Å². The number of imidazole rings is 1. The van der Waals surface area contributed by atoms with Gasteiger partial charge in [0.25, 0.3) is 0 Å². The molecule has 0 saturated heterocycles. The van der Waals surface area contributed by atoms with Crippen molar-refractivity contribution in [3.05, 3.63) is 18.7 Å². The number of rotatable bonds is 3. The maximum atomic E-state index is 5.52. The van der Waals surface area contributed by atoms with Gasteiger partial charge in [0.05, 0.1) is 17.4 Å². The molecule has 1 unspecified atom stereocenters. The van der Waals surface area contributed by atoms with Crippen LogP contribution in [-0.4, -0.2) is 14.5 Å². The molecule has 0 aliphatic carbocycles. The third-order valence-electron chi connectivity index (χ3n) is 1.60. The van der Waals surface area contributed by atoms with Crippen LogP contribution in [0, 0.1) is 0 Å². The molecule has 0 saturated carbocycles. The fraction of sp³-hybridized carbons (Fsp3) is 0.429. The second-order valence-electron chi connectivity index (χ2n) is 2.34. The zero-order chi connectivity index (χ0) is 8.27. The first kappa shape index (κ1) is 8.20. The first-order chi connectivity index (χ1) is 5.25. The van der Waals surface area contributed by atoms with E-state index in [1.165, 1.54) is 0 Å². The topological polar surface area (TPSA) is 43.8 Å². The molecule has 1 rings (SSSR count). The van der Waals surface area contributed by atoms with Gasteiger partial charge in [0.1, 0.15) is 0 Å². The summed E-state index contributed by atoms with van der Waals surface area (Å²) >= 11 is 4.89. The van der Waals surface area contributed by atoms with E-state index in [9.17, 15) is 0 Å². The highest BCUT2D eigenvalue weighted by Gasteiger charge is 2.09. The Balaban J connectivity index is 2.79. The predicted octanol–water partition coefficient (Wildman–Crippen LogP) is 1.12. The van der Waals surface area contributed by atoms with Gasteiger partial charge in [-0.05, 0) is 6.42 Å². The first-order valence-corrected chi connectivity index (χ1v) is 3.93. The summed E-state index contributed by atoms with van der Waals surface area (Å²) in [6.45, 7) is 2.05. The molecule has 4 heteroatoms. The van der Waals surface area contributed by atoms with E-state index in [-0.39, 0.29) is 6.04 Å².